The molecule has 1 aliphatic rings. The molecule has 1 aromatic rings. The first-order chi connectivity index (χ1) is 5.79. The molecule has 0 saturated carbocycles. The molecule has 0 spiro atoms. The zero-order valence-corrected chi connectivity index (χ0v) is 7.76. The summed E-state index contributed by atoms with van der Waals surface area (Å²) in [5.74, 6) is -1.45. The van der Waals surface area contributed by atoms with Gasteiger partial charge in [0, 0.05) is 12.1 Å². The number of hydrogen-bond donors (Lipinski definition) is 1. The highest BCUT2D eigenvalue weighted by atomic mass is 35.5. The van der Waals surface area contributed by atoms with Crippen molar-refractivity contribution in [2.45, 2.75) is 13.0 Å². The van der Waals surface area contributed by atoms with Crippen molar-refractivity contribution >= 4 is 12.4 Å². The van der Waals surface area contributed by atoms with Gasteiger partial charge in [0.2, 0.25) is 0 Å². The summed E-state index contributed by atoms with van der Waals surface area (Å²) >= 11 is 0. The van der Waals surface area contributed by atoms with Crippen LogP contribution in [0.15, 0.2) is 12.1 Å². The zero-order valence-electron chi connectivity index (χ0n) is 6.94. The number of halogens is 3. The van der Waals surface area contributed by atoms with Gasteiger partial charge in [-0.3, -0.25) is 0 Å². The molecule has 0 saturated heterocycles. The lowest BCUT2D eigenvalue weighted by atomic mass is 10.0. The third-order valence-electron chi connectivity index (χ3n) is 2.17. The van der Waals surface area contributed by atoms with Crippen LogP contribution in [-0.2, 0) is 13.0 Å². The Morgan fingerprint density at radius 2 is 2.00 bits per heavy atom. The van der Waals surface area contributed by atoms with E-state index in [1.165, 1.54) is 6.07 Å². The third-order valence-corrected chi connectivity index (χ3v) is 2.17. The highest BCUT2D eigenvalue weighted by Gasteiger charge is 2.15. The molecule has 1 aliphatic heterocycles. The summed E-state index contributed by atoms with van der Waals surface area (Å²) in [5, 5.41) is 3.00. The number of nitrogens with one attached hydrogen (secondary N) is 1. The van der Waals surface area contributed by atoms with Gasteiger partial charge in [-0.1, -0.05) is 6.07 Å². The van der Waals surface area contributed by atoms with Crippen molar-refractivity contribution in [3.63, 3.8) is 0 Å². The van der Waals surface area contributed by atoms with Crippen LogP contribution in [0.5, 0.6) is 0 Å². The zero-order chi connectivity index (χ0) is 8.55. The largest absolute Gasteiger partial charge is 0.312 e. The molecule has 1 nitrogen and oxygen atoms in total. The van der Waals surface area contributed by atoms with Gasteiger partial charge in [0.05, 0.1) is 0 Å². The van der Waals surface area contributed by atoms with Crippen LogP contribution in [-0.4, -0.2) is 6.54 Å². The Morgan fingerprint density at radius 3 is 2.77 bits per heavy atom. The predicted molar refractivity (Wildman–Crippen MR) is 49.0 cm³/mol. The van der Waals surface area contributed by atoms with E-state index in [-0.39, 0.29) is 12.4 Å². The average molecular weight is 206 g/mol. The smallest absolute Gasteiger partial charge is 0.163 e. The minimum atomic E-state index is -0.752. The van der Waals surface area contributed by atoms with Crippen molar-refractivity contribution in [3.8, 4) is 0 Å². The molecule has 1 aromatic carbocycles. The molecule has 0 radical (unpaired) electrons. The molecule has 0 unspecified atom stereocenters. The van der Waals surface area contributed by atoms with E-state index < -0.39 is 11.6 Å². The van der Waals surface area contributed by atoms with Crippen LogP contribution in [0.2, 0.25) is 0 Å². The standard InChI is InChI=1S/C9H9F2N.ClH/c10-8-2-1-6-3-4-12-5-7(6)9(8)11;/h1-2,12H,3-5H2;1H. The van der Waals surface area contributed by atoms with E-state index in [1.54, 1.807) is 6.07 Å². The maximum atomic E-state index is 13.1. The minimum Gasteiger partial charge on any atom is -0.312 e. The summed E-state index contributed by atoms with van der Waals surface area (Å²) in [4.78, 5) is 0. The topological polar surface area (TPSA) is 12.0 Å². The molecule has 0 bridgehead atoms. The van der Waals surface area contributed by atoms with Crippen molar-refractivity contribution in [3.05, 3.63) is 34.9 Å². The normalized spacial score (nSPS) is 14.6. The van der Waals surface area contributed by atoms with Gasteiger partial charge in [-0.05, 0) is 24.6 Å². The third kappa shape index (κ3) is 1.81. The van der Waals surface area contributed by atoms with E-state index in [0.717, 1.165) is 18.5 Å². The molecule has 2 rings (SSSR count). The Hall–Kier alpha value is -0.670. The summed E-state index contributed by atoms with van der Waals surface area (Å²) in [7, 11) is 0. The summed E-state index contributed by atoms with van der Waals surface area (Å²) in [6, 6.07) is 2.86. The molecular formula is C9H10ClF2N. The number of hydrogen-bond acceptors (Lipinski definition) is 1. The van der Waals surface area contributed by atoms with Gasteiger partial charge in [-0.2, -0.15) is 0 Å². The monoisotopic (exact) mass is 205 g/mol. The molecule has 4 heteroatoms. The van der Waals surface area contributed by atoms with Crippen molar-refractivity contribution < 1.29 is 8.78 Å². The second-order valence-corrected chi connectivity index (χ2v) is 2.93. The van der Waals surface area contributed by atoms with Gasteiger partial charge < -0.3 is 5.32 Å². The average Bonchev–Trinajstić information content (AvgIpc) is 2.12. The molecule has 0 aromatic heterocycles. The first kappa shape index (κ1) is 10.4. The fourth-order valence-electron chi connectivity index (χ4n) is 1.49. The molecule has 0 atom stereocenters. The van der Waals surface area contributed by atoms with Crippen molar-refractivity contribution in [2.75, 3.05) is 6.54 Å². The summed E-state index contributed by atoms with van der Waals surface area (Å²) in [6.07, 6.45) is 0.784. The summed E-state index contributed by atoms with van der Waals surface area (Å²) in [5.41, 5.74) is 1.41. The van der Waals surface area contributed by atoms with Crippen LogP contribution in [0.1, 0.15) is 11.1 Å². The van der Waals surface area contributed by atoms with Crippen molar-refractivity contribution in [1.82, 2.24) is 5.32 Å². The molecule has 0 amide bonds. The number of fused-ring (bicyclic) bond motifs is 1. The van der Waals surface area contributed by atoms with Crippen LogP contribution in [0, 0.1) is 11.6 Å². The van der Waals surface area contributed by atoms with Gasteiger partial charge >= 0.3 is 0 Å². The lowest BCUT2D eigenvalue weighted by molar-refractivity contribution is 0.483. The maximum absolute atomic E-state index is 13.1. The highest BCUT2D eigenvalue weighted by Crippen LogP contribution is 2.19. The van der Waals surface area contributed by atoms with Crippen LogP contribution in [0.4, 0.5) is 8.78 Å². The predicted octanol–water partition coefficient (Wildman–Crippen LogP) is 2.03. The molecule has 13 heavy (non-hydrogen) atoms. The summed E-state index contributed by atoms with van der Waals surface area (Å²) in [6.45, 7) is 1.29. The minimum absolute atomic E-state index is 0. The van der Waals surface area contributed by atoms with Gasteiger partial charge in [-0.15, -0.1) is 12.4 Å². The number of rotatable bonds is 0. The Kier molecular flexibility index (Phi) is 3.22. The lowest BCUT2D eigenvalue weighted by Crippen LogP contribution is -2.25. The fraction of sp³-hybridized carbons (Fsp3) is 0.333. The van der Waals surface area contributed by atoms with Crippen LogP contribution >= 0.6 is 12.4 Å². The maximum Gasteiger partial charge on any atom is 0.163 e. The summed E-state index contributed by atoms with van der Waals surface area (Å²) < 4.78 is 25.8. The van der Waals surface area contributed by atoms with E-state index in [0.29, 0.717) is 12.1 Å². The molecule has 0 aliphatic carbocycles. The van der Waals surface area contributed by atoms with Crippen LogP contribution < -0.4 is 5.32 Å². The van der Waals surface area contributed by atoms with Gasteiger partial charge in [-0.25, -0.2) is 8.78 Å². The van der Waals surface area contributed by atoms with E-state index >= 15 is 0 Å². The first-order valence-corrected chi connectivity index (χ1v) is 3.95. The fourth-order valence-corrected chi connectivity index (χ4v) is 1.49. The second kappa shape index (κ2) is 4.03. The van der Waals surface area contributed by atoms with E-state index in [9.17, 15) is 8.78 Å². The van der Waals surface area contributed by atoms with E-state index in [4.69, 9.17) is 0 Å². The van der Waals surface area contributed by atoms with Crippen molar-refractivity contribution in [1.29, 1.82) is 0 Å². The Bertz CT molecular complexity index is 315. The molecule has 1 N–H and O–H groups in total. The molecule has 72 valence electrons. The quantitative estimate of drug-likeness (QED) is 0.684. The lowest BCUT2D eigenvalue weighted by Gasteiger charge is -2.17. The van der Waals surface area contributed by atoms with Gasteiger partial charge in [0.1, 0.15) is 0 Å². The van der Waals surface area contributed by atoms with Crippen LogP contribution in [0.3, 0.4) is 0 Å². The van der Waals surface area contributed by atoms with E-state index in [1.807, 2.05) is 0 Å². The van der Waals surface area contributed by atoms with Crippen molar-refractivity contribution in [2.24, 2.45) is 0 Å². The van der Waals surface area contributed by atoms with E-state index in [2.05, 4.69) is 5.32 Å². The second-order valence-electron chi connectivity index (χ2n) is 2.93. The Balaban J connectivity index is 0.000000845. The van der Waals surface area contributed by atoms with Crippen LogP contribution in [0.25, 0.3) is 0 Å². The SMILES string of the molecule is Cl.Fc1ccc2c(c1F)CNCC2. The highest BCUT2D eigenvalue weighted by molar-refractivity contribution is 5.85. The molecule has 1 heterocycles. The Labute approximate surface area is 81.6 Å². The Morgan fingerprint density at radius 1 is 1.23 bits per heavy atom. The van der Waals surface area contributed by atoms with Gasteiger partial charge in [0.15, 0.2) is 11.6 Å². The van der Waals surface area contributed by atoms with Gasteiger partial charge in [0.25, 0.3) is 0 Å². The molecular weight excluding hydrogens is 196 g/mol. The molecule has 0 fully saturated rings. The first-order valence-electron chi connectivity index (χ1n) is 3.95. The number of benzene rings is 1.